The van der Waals surface area contributed by atoms with Crippen molar-refractivity contribution >= 4 is 23.7 Å². The van der Waals surface area contributed by atoms with Gasteiger partial charge in [-0.1, -0.05) is 48.5 Å². The second kappa shape index (κ2) is 8.23. The third-order valence-electron chi connectivity index (χ3n) is 4.56. The monoisotopic (exact) mass is 373 g/mol. The molecule has 0 aliphatic heterocycles. The molecule has 6 heteroatoms. The number of carbonyl (C=O) groups is 2. The third-order valence-corrected chi connectivity index (χ3v) is 4.83. The number of rotatable bonds is 7. The van der Waals surface area contributed by atoms with Gasteiger partial charge in [0.2, 0.25) is 0 Å². The Hall–Kier alpha value is -2.53. The average molecular weight is 374 g/mol. The fraction of sp³-hybridized carbons (Fsp3) is 0.300. The summed E-state index contributed by atoms with van der Waals surface area (Å²) in [6.07, 6.45) is 0.0411. The van der Waals surface area contributed by atoms with Gasteiger partial charge in [0.1, 0.15) is 12.6 Å². The number of alkyl carbamates (subject to hydrolysis) is 1. The summed E-state index contributed by atoms with van der Waals surface area (Å²) in [6.45, 7) is 0.154. The smallest absolute Gasteiger partial charge is 0.407 e. The first-order chi connectivity index (χ1) is 12.6. The van der Waals surface area contributed by atoms with Crippen LogP contribution in [0.3, 0.4) is 0 Å². The normalized spacial score (nSPS) is 13.6. The topological polar surface area (TPSA) is 75.6 Å². The number of benzene rings is 2. The Balaban J connectivity index is 1.68. The van der Waals surface area contributed by atoms with E-state index in [0.717, 1.165) is 22.3 Å². The Morgan fingerprint density at radius 2 is 1.65 bits per heavy atom. The van der Waals surface area contributed by atoms with Crippen molar-refractivity contribution in [3.63, 3.8) is 0 Å². The number of nitrogens with one attached hydrogen (secondary N) is 1. The lowest BCUT2D eigenvalue weighted by molar-refractivity contribution is -0.139. The number of carbonyl (C=O) groups excluding carboxylic acids is 1. The van der Waals surface area contributed by atoms with Crippen molar-refractivity contribution in [3.8, 4) is 11.1 Å². The summed E-state index contributed by atoms with van der Waals surface area (Å²) >= 11 is 5.59. The molecule has 1 amide bonds. The summed E-state index contributed by atoms with van der Waals surface area (Å²) in [7, 11) is 0. The lowest BCUT2D eigenvalue weighted by Gasteiger charge is -2.17. The van der Waals surface area contributed by atoms with Crippen LogP contribution in [-0.4, -0.2) is 35.7 Å². The number of halogens is 1. The van der Waals surface area contributed by atoms with Crippen LogP contribution in [0.25, 0.3) is 11.1 Å². The van der Waals surface area contributed by atoms with Crippen molar-refractivity contribution in [2.24, 2.45) is 0 Å². The molecule has 3 rings (SSSR count). The van der Waals surface area contributed by atoms with Gasteiger partial charge in [-0.15, -0.1) is 11.6 Å². The van der Waals surface area contributed by atoms with E-state index >= 15 is 0 Å². The van der Waals surface area contributed by atoms with Crippen LogP contribution in [0, 0.1) is 0 Å². The lowest BCUT2D eigenvalue weighted by Crippen LogP contribution is -2.41. The second-order valence-electron chi connectivity index (χ2n) is 6.19. The van der Waals surface area contributed by atoms with E-state index in [2.05, 4.69) is 17.4 Å². The first-order valence-corrected chi connectivity index (χ1v) is 9.05. The van der Waals surface area contributed by atoms with Crippen LogP contribution >= 0.6 is 11.6 Å². The number of carboxylic acid groups (broad SMARTS) is 1. The number of fused-ring (bicyclic) bond motifs is 3. The molecule has 1 aliphatic carbocycles. The summed E-state index contributed by atoms with van der Waals surface area (Å²) in [5, 5.41) is 11.6. The van der Waals surface area contributed by atoms with Gasteiger partial charge in [0.15, 0.2) is 0 Å². The lowest BCUT2D eigenvalue weighted by atomic mass is 9.98. The van der Waals surface area contributed by atoms with Gasteiger partial charge in [-0.05, 0) is 35.1 Å². The maximum atomic E-state index is 12.1. The van der Waals surface area contributed by atoms with Gasteiger partial charge < -0.3 is 15.2 Å². The summed E-state index contributed by atoms with van der Waals surface area (Å²) in [4.78, 5) is 23.3. The number of carboxylic acids is 1. The Morgan fingerprint density at radius 1 is 1.08 bits per heavy atom. The fourth-order valence-electron chi connectivity index (χ4n) is 3.32. The summed E-state index contributed by atoms with van der Waals surface area (Å²) < 4.78 is 5.35. The molecule has 1 aliphatic rings. The average Bonchev–Trinajstić information content (AvgIpc) is 2.97. The standard InChI is InChI=1S/C20H20ClNO4/c21-11-5-10-18(19(23)24)22-20(25)26-12-17-15-8-3-1-6-13(15)14-7-2-4-9-16(14)17/h1-4,6-9,17-18H,5,10-12H2,(H,22,25)(H,23,24). The van der Waals surface area contributed by atoms with E-state index in [9.17, 15) is 14.7 Å². The number of hydrogen-bond acceptors (Lipinski definition) is 3. The number of aliphatic carboxylic acids is 1. The molecule has 2 aromatic carbocycles. The summed E-state index contributed by atoms with van der Waals surface area (Å²) in [6, 6.07) is 15.1. The zero-order chi connectivity index (χ0) is 18.5. The Kier molecular flexibility index (Phi) is 5.78. The summed E-state index contributed by atoms with van der Waals surface area (Å²) in [5.41, 5.74) is 4.50. The Bertz CT molecular complexity index is 762. The minimum absolute atomic E-state index is 0.0562. The molecule has 0 saturated carbocycles. The molecule has 1 unspecified atom stereocenters. The molecular weight excluding hydrogens is 354 g/mol. The first kappa shape index (κ1) is 18.3. The number of hydrogen-bond donors (Lipinski definition) is 2. The predicted molar refractivity (Wildman–Crippen MR) is 99.6 cm³/mol. The fourth-order valence-corrected chi connectivity index (χ4v) is 3.48. The van der Waals surface area contributed by atoms with E-state index in [0.29, 0.717) is 12.3 Å². The van der Waals surface area contributed by atoms with Gasteiger partial charge in [-0.3, -0.25) is 0 Å². The number of alkyl halides is 1. The zero-order valence-electron chi connectivity index (χ0n) is 14.2. The highest BCUT2D eigenvalue weighted by molar-refractivity contribution is 6.17. The van der Waals surface area contributed by atoms with Gasteiger partial charge in [0, 0.05) is 11.8 Å². The van der Waals surface area contributed by atoms with E-state index in [1.807, 2.05) is 36.4 Å². The van der Waals surface area contributed by atoms with Crippen molar-refractivity contribution in [1.29, 1.82) is 0 Å². The zero-order valence-corrected chi connectivity index (χ0v) is 14.9. The second-order valence-corrected chi connectivity index (χ2v) is 6.57. The van der Waals surface area contributed by atoms with Gasteiger partial charge in [-0.2, -0.15) is 0 Å². The molecule has 0 bridgehead atoms. The van der Waals surface area contributed by atoms with E-state index in [1.165, 1.54) is 0 Å². The van der Waals surface area contributed by atoms with Crippen LogP contribution in [0.5, 0.6) is 0 Å². The van der Waals surface area contributed by atoms with Crippen LogP contribution in [0.1, 0.15) is 29.9 Å². The van der Waals surface area contributed by atoms with Crippen LogP contribution in [-0.2, 0) is 9.53 Å². The highest BCUT2D eigenvalue weighted by atomic mass is 35.5. The quantitative estimate of drug-likeness (QED) is 0.719. The minimum Gasteiger partial charge on any atom is -0.480 e. The van der Waals surface area contributed by atoms with Crippen molar-refractivity contribution < 1.29 is 19.4 Å². The van der Waals surface area contributed by atoms with Gasteiger partial charge in [0.25, 0.3) is 0 Å². The van der Waals surface area contributed by atoms with Crippen molar-refractivity contribution in [1.82, 2.24) is 5.32 Å². The highest BCUT2D eigenvalue weighted by Crippen LogP contribution is 2.44. The van der Waals surface area contributed by atoms with E-state index in [4.69, 9.17) is 16.3 Å². The molecule has 0 radical (unpaired) electrons. The van der Waals surface area contributed by atoms with E-state index in [1.54, 1.807) is 0 Å². The molecule has 0 aromatic heterocycles. The molecule has 1 atom stereocenters. The van der Waals surface area contributed by atoms with Crippen LogP contribution < -0.4 is 5.32 Å². The van der Waals surface area contributed by atoms with Crippen molar-refractivity contribution in [3.05, 3.63) is 59.7 Å². The minimum atomic E-state index is -1.09. The van der Waals surface area contributed by atoms with E-state index in [-0.39, 0.29) is 18.9 Å². The maximum Gasteiger partial charge on any atom is 0.407 e. The molecule has 136 valence electrons. The molecule has 26 heavy (non-hydrogen) atoms. The maximum absolute atomic E-state index is 12.1. The molecule has 5 nitrogen and oxygen atoms in total. The largest absolute Gasteiger partial charge is 0.480 e. The molecule has 0 fully saturated rings. The van der Waals surface area contributed by atoms with Gasteiger partial charge >= 0.3 is 12.1 Å². The van der Waals surface area contributed by atoms with E-state index < -0.39 is 18.1 Å². The first-order valence-electron chi connectivity index (χ1n) is 8.52. The third kappa shape index (κ3) is 3.83. The van der Waals surface area contributed by atoms with Crippen LogP contribution in [0.4, 0.5) is 4.79 Å². The molecule has 0 saturated heterocycles. The molecule has 0 heterocycles. The predicted octanol–water partition coefficient (Wildman–Crippen LogP) is 4.00. The van der Waals surface area contributed by atoms with Crippen LogP contribution in [0.15, 0.2) is 48.5 Å². The number of amides is 1. The van der Waals surface area contributed by atoms with Gasteiger partial charge in [0.05, 0.1) is 0 Å². The highest BCUT2D eigenvalue weighted by Gasteiger charge is 2.29. The molecule has 2 aromatic rings. The Morgan fingerprint density at radius 3 is 2.19 bits per heavy atom. The van der Waals surface area contributed by atoms with Crippen LogP contribution in [0.2, 0.25) is 0 Å². The molecule has 2 N–H and O–H groups in total. The Labute approximate surface area is 156 Å². The summed E-state index contributed by atoms with van der Waals surface area (Å²) in [5.74, 6) is -0.807. The molecular formula is C20H20ClNO4. The SMILES string of the molecule is O=C(NC(CCCCl)C(=O)O)OCC1c2ccccc2-c2ccccc21. The van der Waals surface area contributed by atoms with Crippen molar-refractivity contribution in [2.75, 3.05) is 12.5 Å². The van der Waals surface area contributed by atoms with Crippen molar-refractivity contribution in [2.45, 2.75) is 24.8 Å². The molecule has 0 spiro atoms. The number of ether oxygens (including phenoxy) is 1. The van der Waals surface area contributed by atoms with Gasteiger partial charge in [-0.25, -0.2) is 9.59 Å².